The molecule has 1 atom stereocenters. The molecule has 0 aromatic heterocycles. The Morgan fingerprint density at radius 1 is 1.00 bits per heavy atom. The molecule has 0 saturated carbocycles. The van der Waals surface area contributed by atoms with Gasteiger partial charge in [-0.15, -0.1) is 0 Å². The van der Waals surface area contributed by atoms with Crippen LogP contribution in [0.5, 0.6) is 0 Å². The largest absolute Gasteiger partial charge is 0.271 e. The molecule has 0 heterocycles. The molecule has 2 aromatic rings. The van der Waals surface area contributed by atoms with E-state index < -0.39 is 0 Å². The lowest BCUT2D eigenvalue weighted by Gasteiger charge is -2.22. The Balaban J connectivity index is 2.53. The number of benzene rings is 2. The van der Waals surface area contributed by atoms with Crippen molar-refractivity contribution in [2.45, 2.75) is 26.8 Å². The lowest BCUT2D eigenvalue weighted by Crippen LogP contribution is -2.30. The zero-order valence-electron chi connectivity index (χ0n) is 11.5. The van der Waals surface area contributed by atoms with Crippen LogP contribution in [0.15, 0.2) is 36.4 Å². The van der Waals surface area contributed by atoms with Crippen molar-refractivity contribution in [2.24, 2.45) is 5.84 Å². The summed E-state index contributed by atoms with van der Waals surface area (Å²) in [5.74, 6) is 5.49. The number of aryl methyl sites for hydroxylation is 2. The van der Waals surface area contributed by atoms with Gasteiger partial charge in [-0.3, -0.25) is 5.84 Å². The highest BCUT2D eigenvalue weighted by molar-refractivity contribution is 5.42. The zero-order chi connectivity index (χ0) is 14.0. The standard InChI is InChI=1S/C16H19FN2/c1-10-5-4-6-15(12(10)3)16(19-18)14-8-7-13(17)9-11(14)2/h4-9,16,19H,18H2,1-3H3. The number of hydrogen-bond acceptors (Lipinski definition) is 2. The van der Waals surface area contributed by atoms with Gasteiger partial charge in [0, 0.05) is 0 Å². The molecule has 3 heteroatoms. The molecule has 0 amide bonds. The Kier molecular flexibility index (Phi) is 3.98. The molecule has 19 heavy (non-hydrogen) atoms. The minimum Gasteiger partial charge on any atom is -0.271 e. The molecular weight excluding hydrogens is 239 g/mol. The average molecular weight is 258 g/mol. The van der Waals surface area contributed by atoms with Crippen LogP contribution < -0.4 is 11.3 Å². The van der Waals surface area contributed by atoms with Crippen molar-refractivity contribution in [2.75, 3.05) is 0 Å². The summed E-state index contributed by atoms with van der Waals surface area (Å²) in [6.07, 6.45) is 0. The van der Waals surface area contributed by atoms with Gasteiger partial charge in [0.2, 0.25) is 0 Å². The number of nitrogens with two attached hydrogens (primary N) is 1. The van der Waals surface area contributed by atoms with E-state index >= 15 is 0 Å². The lowest BCUT2D eigenvalue weighted by atomic mass is 9.91. The molecule has 2 rings (SSSR count). The van der Waals surface area contributed by atoms with E-state index in [-0.39, 0.29) is 11.9 Å². The fraction of sp³-hybridized carbons (Fsp3) is 0.250. The summed E-state index contributed by atoms with van der Waals surface area (Å²) in [4.78, 5) is 0. The van der Waals surface area contributed by atoms with Crippen LogP contribution in [0.3, 0.4) is 0 Å². The van der Waals surface area contributed by atoms with Crippen LogP contribution in [0.25, 0.3) is 0 Å². The molecular formula is C16H19FN2. The van der Waals surface area contributed by atoms with Crippen molar-refractivity contribution in [3.63, 3.8) is 0 Å². The van der Waals surface area contributed by atoms with Crippen molar-refractivity contribution in [3.05, 3.63) is 70.0 Å². The molecule has 0 bridgehead atoms. The Morgan fingerprint density at radius 2 is 1.74 bits per heavy atom. The van der Waals surface area contributed by atoms with E-state index in [4.69, 9.17) is 5.84 Å². The van der Waals surface area contributed by atoms with Crippen LogP contribution in [0.4, 0.5) is 4.39 Å². The van der Waals surface area contributed by atoms with Gasteiger partial charge in [0.05, 0.1) is 6.04 Å². The molecule has 2 nitrogen and oxygen atoms in total. The molecule has 0 aliphatic carbocycles. The number of hydrogen-bond donors (Lipinski definition) is 2. The van der Waals surface area contributed by atoms with E-state index in [2.05, 4.69) is 31.4 Å². The minimum atomic E-state index is -0.224. The van der Waals surface area contributed by atoms with Gasteiger partial charge in [0.15, 0.2) is 0 Å². The Bertz CT molecular complexity index is 593. The maximum atomic E-state index is 13.2. The highest BCUT2D eigenvalue weighted by Gasteiger charge is 2.17. The Morgan fingerprint density at radius 3 is 2.37 bits per heavy atom. The molecule has 2 aromatic carbocycles. The summed E-state index contributed by atoms with van der Waals surface area (Å²) in [5.41, 5.74) is 8.28. The quantitative estimate of drug-likeness (QED) is 0.655. The summed E-state index contributed by atoms with van der Waals surface area (Å²) >= 11 is 0. The third-order valence-corrected chi connectivity index (χ3v) is 3.67. The summed E-state index contributed by atoms with van der Waals surface area (Å²) in [7, 11) is 0. The van der Waals surface area contributed by atoms with Gasteiger partial charge in [-0.25, -0.2) is 9.82 Å². The Labute approximate surface area is 113 Å². The SMILES string of the molecule is Cc1cc(F)ccc1C(NN)c1cccc(C)c1C. The average Bonchev–Trinajstić information content (AvgIpc) is 2.37. The zero-order valence-corrected chi connectivity index (χ0v) is 11.5. The second-order valence-electron chi connectivity index (χ2n) is 4.89. The van der Waals surface area contributed by atoms with E-state index in [0.717, 1.165) is 16.7 Å². The molecule has 1 unspecified atom stereocenters. The molecule has 0 fully saturated rings. The van der Waals surface area contributed by atoms with Gasteiger partial charge in [0.1, 0.15) is 5.82 Å². The third-order valence-electron chi connectivity index (χ3n) is 3.67. The van der Waals surface area contributed by atoms with E-state index in [9.17, 15) is 4.39 Å². The van der Waals surface area contributed by atoms with Gasteiger partial charge in [-0.2, -0.15) is 0 Å². The van der Waals surface area contributed by atoms with E-state index in [1.807, 2.05) is 13.0 Å². The minimum absolute atomic E-state index is 0.125. The second kappa shape index (κ2) is 5.51. The summed E-state index contributed by atoms with van der Waals surface area (Å²) in [5, 5.41) is 0. The molecule has 0 aliphatic heterocycles. The monoisotopic (exact) mass is 258 g/mol. The molecule has 0 radical (unpaired) electrons. The third kappa shape index (κ3) is 2.67. The van der Waals surface area contributed by atoms with Crippen molar-refractivity contribution < 1.29 is 4.39 Å². The topological polar surface area (TPSA) is 38.0 Å². The second-order valence-corrected chi connectivity index (χ2v) is 4.89. The van der Waals surface area contributed by atoms with Crippen LogP contribution in [0.1, 0.15) is 33.9 Å². The molecule has 0 saturated heterocycles. The predicted molar refractivity (Wildman–Crippen MR) is 76.2 cm³/mol. The predicted octanol–water partition coefficient (Wildman–Crippen LogP) is 3.30. The van der Waals surface area contributed by atoms with Crippen LogP contribution in [0, 0.1) is 26.6 Å². The number of nitrogens with one attached hydrogen (secondary N) is 1. The Hall–Kier alpha value is -1.71. The van der Waals surface area contributed by atoms with Crippen molar-refractivity contribution >= 4 is 0 Å². The highest BCUT2D eigenvalue weighted by Crippen LogP contribution is 2.28. The summed E-state index contributed by atoms with van der Waals surface area (Å²) in [6.45, 7) is 6.05. The normalized spacial score (nSPS) is 12.5. The van der Waals surface area contributed by atoms with Gasteiger partial charge in [-0.05, 0) is 60.7 Å². The van der Waals surface area contributed by atoms with Crippen LogP contribution in [-0.2, 0) is 0 Å². The van der Waals surface area contributed by atoms with E-state index in [1.54, 1.807) is 6.07 Å². The van der Waals surface area contributed by atoms with E-state index in [1.165, 1.54) is 23.3 Å². The van der Waals surface area contributed by atoms with Crippen LogP contribution in [0.2, 0.25) is 0 Å². The van der Waals surface area contributed by atoms with Crippen LogP contribution >= 0.6 is 0 Å². The molecule has 0 spiro atoms. The molecule has 100 valence electrons. The fourth-order valence-electron chi connectivity index (χ4n) is 2.40. The van der Waals surface area contributed by atoms with E-state index in [0.29, 0.717) is 0 Å². The van der Waals surface area contributed by atoms with Crippen molar-refractivity contribution in [1.29, 1.82) is 0 Å². The first-order valence-corrected chi connectivity index (χ1v) is 6.33. The smallest absolute Gasteiger partial charge is 0.123 e. The number of hydrazine groups is 1. The number of halogens is 1. The van der Waals surface area contributed by atoms with Gasteiger partial charge < -0.3 is 0 Å². The summed E-state index contributed by atoms with van der Waals surface area (Å²) < 4.78 is 13.2. The summed E-state index contributed by atoms with van der Waals surface area (Å²) in [6, 6.07) is 10.8. The number of rotatable bonds is 3. The highest BCUT2D eigenvalue weighted by atomic mass is 19.1. The maximum absolute atomic E-state index is 13.2. The molecule has 0 aliphatic rings. The first-order valence-electron chi connectivity index (χ1n) is 6.33. The first kappa shape index (κ1) is 13.7. The molecule has 3 N–H and O–H groups in total. The lowest BCUT2D eigenvalue weighted by molar-refractivity contribution is 0.610. The van der Waals surface area contributed by atoms with Gasteiger partial charge in [-0.1, -0.05) is 24.3 Å². The van der Waals surface area contributed by atoms with Gasteiger partial charge >= 0.3 is 0 Å². The maximum Gasteiger partial charge on any atom is 0.123 e. The van der Waals surface area contributed by atoms with Gasteiger partial charge in [0.25, 0.3) is 0 Å². The first-order chi connectivity index (χ1) is 9.04. The van der Waals surface area contributed by atoms with Crippen LogP contribution in [-0.4, -0.2) is 0 Å². The van der Waals surface area contributed by atoms with Crippen molar-refractivity contribution in [1.82, 2.24) is 5.43 Å². The fourth-order valence-corrected chi connectivity index (χ4v) is 2.40. The van der Waals surface area contributed by atoms with Crippen molar-refractivity contribution in [3.8, 4) is 0 Å².